The number of amides is 1. The molecule has 0 bridgehead atoms. The molecular weight excluding hydrogens is 248 g/mol. The Kier molecular flexibility index (Phi) is 4.32. The van der Waals surface area contributed by atoms with Crippen molar-refractivity contribution in [2.45, 2.75) is 6.92 Å². The minimum Gasteiger partial charge on any atom is -0.452 e. The van der Waals surface area contributed by atoms with Gasteiger partial charge in [-0.1, -0.05) is 19.1 Å². The molecule has 0 aliphatic heterocycles. The third-order valence-electron chi connectivity index (χ3n) is 2.23. The van der Waals surface area contributed by atoms with E-state index in [4.69, 9.17) is 34.0 Å². The zero-order valence-corrected chi connectivity index (χ0v) is 10.6. The maximum Gasteiger partial charge on any atom is 0.258 e. The maximum atomic E-state index is 11.9. The number of halogens is 1. The Hall–Kier alpha value is -1.07. The summed E-state index contributed by atoms with van der Waals surface area (Å²) in [6.07, 6.45) is 1.38. The highest BCUT2D eigenvalue weighted by Gasteiger charge is 2.19. The van der Waals surface area contributed by atoms with Gasteiger partial charge in [0.2, 0.25) is 5.22 Å². The fraction of sp³-hybridized carbons (Fsp3) is 0.400. The maximum absolute atomic E-state index is 11.9. The zero-order chi connectivity index (χ0) is 12.3. The highest BCUT2D eigenvalue weighted by Crippen LogP contribution is 2.18. The Morgan fingerprint density at radius 1 is 1.75 bits per heavy atom. The van der Waals surface area contributed by atoms with E-state index in [0.717, 1.165) is 0 Å². The first-order valence-corrected chi connectivity index (χ1v) is 5.50. The van der Waals surface area contributed by atoms with Gasteiger partial charge < -0.3 is 15.1 Å². The predicted molar refractivity (Wildman–Crippen MR) is 66.6 cm³/mol. The van der Waals surface area contributed by atoms with Crippen molar-refractivity contribution in [2.75, 3.05) is 13.6 Å². The first-order valence-electron chi connectivity index (χ1n) is 4.71. The third kappa shape index (κ3) is 2.96. The molecule has 0 saturated heterocycles. The van der Waals surface area contributed by atoms with Crippen molar-refractivity contribution >= 4 is 34.7 Å². The largest absolute Gasteiger partial charge is 0.452 e. The Morgan fingerprint density at radius 2 is 2.38 bits per heavy atom. The van der Waals surface area contributed by atoms with Crippen LogP contribution in [0, 0.1) is 5.92 Å². The van der Waals surface area contributed by atoms with Crippen LogP contribution in [-0.4, -0.2) is 29.4 Å². The number of carbonyl (C=O) groups excluding carboxylic acids is 1. The Bertz CT molecular complexity index is 405. The van der Waals surface area contributed by atoms with Gasteiger partial charge in [0, 0.05) is 19.5 Å². The molecule has 1 heterocycles. The second-order valence-electron chi connectivity index (χ2n) is 3.60. The minimum atomic E-state index is -0.207. The lowest BCUT2D eigenvalue weighted by Crippen LogP contribution is -2.35. The molecule has 0 spiro atoms. The lowest BCUT2D eigenvalue weighted by atomic mass is 10.1. The molecule has 0 aliphatic rings. The molecule has 1 aromatic heterocycles. The Balaban J connectivity index is 2.69. The molecular formula is C10H13ClN2O2S. The number of carbonyl (C=O) groups is 1. The van der Waals surface area contributed by atoms with Gasteiger partial charge >= 0.3 is 0 Å². The van der Waals surface area contributed by atoms with Gasteiger partial charge in [-0.25, -0.2) is 0 Å². The van der Waals surface area contributed by atoms with Gasteiger partial charge in [0.15, 0.2) is 0 Å². The van der Waals surface area contributed by atoms with Crippen LogP contribution < -0.4 is 5.73 Å². The number of rotatable bonds is 4. The molecule has 0 radical (unpaired) electrons. The SMILES string of the molecule is CC(CN(C)C(=O)c1ccoc1Cl)C(N)=S. The molecule has 1 rings (SSSR count). The van der Waals surface area contributed by atoms with E-state index in [9.17, 15) is 4.79 Å². The van der Waals surface area contributed by atoms with Crippen molar-refractivity contribution in [3.05, 3.63) is 23.1 Å². The molecule has 2 N–H and O–H groups in total. The van der Waals surface area contributed by atoms with Gasteiger partial charge in [-0.3, -0.25) is 4.79 Å². The molecule has 4 nitrogen and oxygen atoms in total. The average Bonchev–Trinajstić information content (AvgIpc) is 2.62. The molecule has 0 saturated carbocycles. The van der Waals surface area contributed by atoms with Crippen molar-refractivity contribution in [2.24, 2.45) is 11.7 Å². The van der Waals surface area contributed by atoms with Crippen LogP contribution in [-0.2, 0) is 0 Å². The lowest BCUT2D eigenvalue weighted by molar-refractivity contribution is 0.0786. The van der Waals surface area contributed by atoms with E-state index >= 15 is 0 Å². The van der Waals surface area contributed by atoms with Crippen LogP contribution >= 0.6 is 23.8 Å². The number of nitrogens with two attached hydrogens (primary N) is 1. The standard InChI is InChI=1S/C10H13ClN2O2S/c1-6(9(12)16)5-13(2)10(14)7-3-4-15-8(7)11/h3-4,6H,5H2,1-2H3,(H2,12,16). The van der Waals surface area contributed by atoms with Crippen LogP contribution in [0.3, 0.4) is 0 Å². The van der Waals surface area contributed by atoms with Crippen LogP contribution in [0.5, 0.6) is 0 Å². The topological polar surface area (TPSA) is 59.5 Å². The van der Waals surface area contributed by atoms with Gasteiger partial charge in [0.1, 0.15) is 0 Å². The van der Waals surface area contributed by atoms with Crippen molar-refractivity contribution in [3.63, 3.8) is 0 Å². The monoisotopic (exact) mass is 260 g/mol. The van der Waals surface area contributed by atoms with E-state index in [1.54, 1.807) is 7.05 Å². The first-order chi connectivity index (χ1) is 7.43. The average molecular weight is 261 g/mol. The van der Waals surface area contributed by atoms with E-state index in [2.05, 4.69) is 0 Å². The van der Waals surface area contributed by atoms with Crippen LogP contribution in [0.15, 0.2) is 16.7 Å². The van der Waals surface area contributed by atoms with Crippen molar-refractivity contribution in [1.82, 2.24) is 4.90 Å². The summed E-state index contributed by atoms with van der Waals surface area (Å²) >= 11 is 10.6. The van der Waals surface area contributed by atoms with Crippen molar-refractivity contribution in [1.29, 1.82) is 0 Å². The van der Waals surface area contributed by atoms with Gasteiger partial charge in [0.25, 0.3) is 5.91 Å². The highest BCUT2D eigenvalue weighted by atomic mass is 35.5. The van der Waals surface area contributed by atoms with E-state index < -0.39 is 0 Å². The smallest absolute Gasteiger partial charge is 0.258 e. The molecule has 0 fully saturated rings. The molecule has 0 aliphatic carbocycles. The number of furan rings is 1. The molecule has 16 heavy (non-hydrogen) atoms. The van der Waals surface area contributed by atoms with E-state index in [1.165, 1.54) is 17.2 Å². The fourth-order valence-corrected chi connectivity index (χ4v) is 1.51. The van der Waals surface area contributed by atoms with Crippen molar-refractivity contribution in [3.8, 4) is 0 Å². The summed E-state index contributed by atoms with van der Waals surface area (Å²) in [5.41, 5.74) is 5.83. The molecule has 1 amide bonds. The van der Waals surface area contributed by atoms with E-state index in [0.29, 0.717) is 17.1 Å². The minimum absolute atomic E-state index is 0.0328. The third-order valence-corrected chi connectivity index (χ3v) is 2.92. The van der Waals surface area contributed by atoms with Gasteiger partial charge in [0.05, 0.1) is 16.8 Å². The first kappa shape index (κ1) is 13.0. The second kappa shape index (κ2) is 5.32. The van der Waals surface area contributed by atoms with Crippen LogP contribution in [0.2, 0.25) is 5.22 Å². The van der Waals surface area contributed by atoms with Gasteiger partial charge in [-0.15, -0.1) is 0 Å². The molecule has 88 valence electrons. The summed E-state index contributed by atoms with van der Waals surface area (Å²) in [7, 11) is 1.67. The Morgan fingerprint density at radius 3 is 2.81 bits per heavy atom. The quantitative estimate of drug-likeness (QED) is 0.841. The van der Waals surface area contributed by atoms with E-state index in [1.807, 2.05) is 6.92 Å². The van der Waals surface area contributed by atoms with Crippen LogP contribution in [0.25, 0.3) is 0 Å². The highest BCUT2D eigenvalue weighted by molar-refractivity contribution is 7.80. The number of nitrogens with zero attached hydrogens (tertiary/aromatic N) is 1. The molecule has 6 heteroatoms. The van der Waals surface area contributed by atoms with Gasteiger partial charge in [-0.2, -0.15) is 0 Å². The summed E-state index contributed by atoms with van der Waals surface area (Å²) in [6.45, 7) is 2.32. The predicted octanol–water partition coefficient (Wildman–Crippen LogP) is 1.93. The lowest BCUT2D eigenvalue weighted by Gasteiger charge is -2.20. The van der Waals surface area contributed by atoms with Crippen molar-refractivity contribution < 1.29 is 9.21 Å². The molecule has 1 aromatic rings. The van der Waals surface area contributed by atoms with E-state index in [-0.39, 0.29) is 17.0 Å². The Labute approximate surface area is 104 Å². The normalized spacial score (nSPS) is 12.2. The molecule has 0 aromatic carbocycles. The van der Waals surface area contributed by atoms with Gasteiger partial charge in [-0.05, 0) is 17.7 Å². The summed E-state index contributed by atoms with van der Waals surface area (Å²) in [5, 5.41) is 0.0971. The fourth-order valence-electron chi connectivity index (χ4n) is 1.24. The number of thiocarbonyl (C=S) groups is 1. The number of hydrogen-bond donors (Lipinski definition) is 1. The summed E-state index contributed by atoms with van der Waals surface area (Å²) in [5.74, 6) is -0.239. The van der Waals surface area contributed by atoms with Crippen LogP contribution in [0.1, 0.15) is 17.3 Å². The summed E-state index contributed by atoms with van der Waals surface area (Å²) < 4.78 is 4.86. The number of hydrogen-bond acceptors (Lipinski definition) is 3. The second-order valence-corrected chi connectivity index (χ2v) is 4.41. The molecule has 1 unspecified atom stereocenters. The van der Waals surface area contributed by atoms with Crippen LogP contribution in [0.4, 0.5) is 0 Å². The zero-order valence-electron chi connectivity index (χ0n) is 9.07. The summed E-state index contributed by atoms with van der Waals surface area (Å²) in [6, 6.07) is 1.53. The summed E-state index contributed by atoms with van der Waals surface area (Å²) in [4.78, 5) is 13.8. The molecule has 1 atom stereocenters.